The molecule has 3 heteroatoms. The van der Waals surface area contributed by atoms with Gasteiger partial charge in [-0.25, -0.2) is 0 Å². The van der Waals surface area contributed by atoms with E-state index in [0.717, 1.165) is 12.0 Å². The third-order valence-corrected chi connectivity index (χ3v) is 2.68. The van der Waals surface area contributed by atoms with Crippen molar-refractivity contribution in [2.24, 2.45) is 0 Å². The van der Waals surface area contributed by atoms with Crippen molar-refractivity contribution in [3.63, 3.8) is 0 Å². The fourth-order valence-electron chi connectivity index (χ4n) is 1.13. The molecule has 76 valence electrons. The highest BCUT2D eigenvalue weighted by molar-refractivity contribution is 6.08. The summed E-state index contributed by atoms with van der Waals surface area (Å²) >= 11 is 0. The van der Waals surface area contributed by atoms with Crippen molar-refractivity contribution >= 4 is 16.2 Å². The van der Waals surface area contributed by atoms with Crippen molar-refractivity contribution in [1.29, 1.82) is 0 Å². The number of hydrogen-bond acceptors (Lipinski definition) is 2. The summed E-state index contributed by atoms with van der Waals surface area (Å²) in [6, 6.07) is 10.9. The van der Waals surface area contributed by atoms with Gasteiger partial charge in [0.2, 0.25) is 0 Å². The quantitative estimate of drug-likeness (QED) is 0.538. The highest BCUT2D eigenvalue weighted by Crippen LogP contribution is 2.03. The lowest BCUT2D eigenvalue weighted by Crippen LogP contribution is -2.03. The van der Waals surface area contributed by atoms with Crippen molar-refractivity contribution in [2.45, 2.75) is 25.5 Å². The molecule has 0 saturated carbocycles. The third kappa shape index (κ3) is 4.23. The summed E-state index contributed by atoms with van der Waals surface area (Å²) < 4.78 is 5.11. The zero-order chi connectivity index (χ0) is 10.2. The smallest absolute Gasteiger partial charge is 0.306 e. The molecule has 0 unspecified atom stereocenters. The van der Waals surface area contributed by atoms with Crippen molar-refractivity contribution in [1.82, 2.24) is 0 Å². The molecule has 0 N–H and O–H groups in total. The summed E-state index contributed by atoms with van der Waals surface area (Å²) in [5, 5.41) is 0. The topological polar surface area (TPSA) is 26.3 Å². The van der Waals surface area contributed by atoms with Gasteiger partial charge >= 0.3 is 5.97 Å². The maximum absolute atomic E-state index is 11.2. The molecule has 14 heavy (non-hydrogen) atoms. The van der Waals surface area contributed by atoms with E-state index in [1.807, 2.05) is 30.3 Å². The summed E-state index contributed by atoms with van der Waals surface area (Å²) in [7, 11) is 1.17. The van der Waals surface area contributed by atoms with E-state index in [1.165, 1.54) is 16.3 Å². The van der Waals surface area contributed by atoms with Crippen LogP contribution in [-0.4, -0.2) is 16.2 Å². The molecular formula is C11H16O2Si. The lowest BCUT2D eigenvalue weighted by Gasteiger charge is -2.03. The number of carbonyl (C=O) groups is 1. The normalized spacial score (nSPS) is 10.0. The molecule has 0 aromatic heterocycles. The highest BCUT2D eigenvalue weighted by atomic mass is 28.1. The zero-order valence-corrected chi connectivity index (χ0v) is 10.5. The Hall–Kier alpha value is -1.09. The van der Waals surface area contributed by atoms with Gasteiger partial charge in [-0.05, 0) is 12.0 Å². The molecule has 0 aliphatic rings. The predicted octanol–water partition coefficient (Wildman–Crippen LogP) is 1.29. The molecule has 0 heterocycles. The van der Waals surface area contributed by atoms with Crippen molar-refractivity contribution in [2.75, 3.05) is 0 Å². The monoisotopic (exact) mass is 208 g/mol. The number of ether oxygens (including phenoxy) is 1. The van der Waals surface area contributed by atoms with Crippen LogP contribution in [-0.2, 0) is 16.1 Å². The SMILES string of the molecule is O=C(CCC[SiH3])OCc1ccccc1. The molecular weight excluding hydrogens is 192 g/mol. The second-order valence-electron chi connectivity index (χ2n) is 3.25. The van der Waals surface area contributed by atoms with E-state index in [0.29, 0.717) is 13.0 Å². The van der Waals surface area contributed by atoms with E-state index in [4.69, 9.17) is 4.74 Å². The molecule has 0 aliphatic heterocycles. The van der Waals surface area contributed by atoms with E-state index >= 15 is 0 Å². The molecule has 0 fully saturated rings. The third-order valence-electron chi connectivity index (χ3n) is 1.98. The van der Waals surface area contributed by atoms with E-state index in [9.17, 15) is 4.79 Å². The van der Waals surface area contributed by atoms with Crippen molar-refractivity contribution in [3.05, 3.63) is 35.9 Å². The van der Waals surface area contributed by atoms with Gasteiger partial charge in [0.05, 0.1) is 0 Å². The minimum absolute atomic E-state index is 0.0790. The zero-order valence-electron chi connectivity index (χ0n) is 8.53. The van der Waals surface area contributed by atoms with Gasteiger partial charge in [-0.3, -0.25) is 4.79 Å². The standard InChI is InChI=1S/C11H16O2Si/c12-11(7-4-8-14)13-9-10-5-2-1-3-6-10/h1-3,5-6H,4,7-9H2,14H3. The molecule has 0 saturated heterocycles. The predicted molar refractivity (Wildman–Crippen MR) is 60.2 cm³/mol. The Morgan fingerprint density at radius 3 is 2.64 bits per heavy atom. The maximum Gasteiger partial charge on any atom is 0.306 e. The summed E-state index contributed by atoms with van der Waals surface area (Å²) in [5.41, 5.74) is 1.05. The number of carbonyl (C=O) groups excluding carboxylic acids is 1. The summed E-state index contributed by atoms with van der Waals surface area (Å²) in [6.45, 7) is 0.404. The van der Waals surface area contributed by atoms with Crippen LogP contribution in [0.15, 0.2) is 30.3 Å². The number of esters is 1. The van der Waals surface area contributed by atoms with Crippen LogP contribution in [0.25, 0.3) is 0 Å². The van der Waals surface area contributed by atoms with Crippen LogP contribution in [0.5, 0.6) is 0 Å². The second kappa shape index (κ2) is 6.37. The van der Waals surface area contributed by atoms with Crippen LogP contribution in [0.2, 0.25) is 6.04 Å². The van der Waals surface area contributed by atoms with E-state index < -0.39 is 0 Å². The molecule has 0 bridgehead atoms. The Balaban J connectivity index is 2.24. The molecule has 0 radical (unpaired) electrons. The van der Waals surface area contributed by atoms with E-state index in [1.54, 1.807) is 0 Å². The fraction of sp³-hybridized carbons (Fsp3) is 0.364. The van der Waals surface area contributed by atoms with Gasteiger partial charge in [0.1, 0.15) is 6.61 Å². The van der Waals surface area contributed by atoms with Crippen LogP contribution in [0, 0.1) is 0 Å². The minimum Gasteiger partial charge on any atom is -0.461 e. The summed E-state index contributed by atoms with van der Waals surface area (Å²) in [5.74, 6) is -0.0790. The summed E-state index contributed by atoms with van der Waals surface area (Å²) in [4.78, 5) is 11.2. The first-order chi connectivity index (χ1) is 6.83. The number of rotatable bonds is 5. The Morgan fingerprint density at radius 1 is 1.29 bits per heavy atom. The first-order valence-electron chi connectivity index (χ1n) is 5.02. The Labute approximate surface area is 87.7 Å². The van der Waals surface area contributed by atoms with Gasteiger partial charge in [-0.15, -0.1) is 0 Å². The molecule has 1 rings (SSSR count). The van der Waals surface area contributed by atoms with Crippen LogP contribution < -0.4 is 0 Å². The first-order valence-corrected chi connectivity index (χ1v) is 6.44. The average molecular weight is 208 g/mol. The maximum atomic E-state index is 11.2. The minimum atomic E-state index is -0.0790. The van der Waals surface area contributed by atoms with Gasteiger partial charge in [0, 0.05) is 16.7 Å². The largest absolute Gasteiger partial charge is 0.461 e. The van der Waals surface area contributed by atoms with Gasteiger partial charge in [0.25, 0.3) is 0 Å². The number of benzene rings is 1. The van der Waals surface area contributed by atoms with Crippen LogP contribution >= 0.6 is 0 Å². The molecule has 1 aromatic rings. The molecule has 0 spiro atoms. The molecule has 0 atom stereocenters. The van der Waals surface area contributed by atoms with Crippen molar-refractivity contribution in [3.8, 4) is 0 Å². The Kier molecular flexibility index (Phi) is 5.00. The summed E-state index contributed by atoms with van der Waals surface area (Å²) in [6.07, 6.45) is 1.54. The van der Waals surface area contributed by atoms with Crippen LogP contribution in [0.1, 0.15) is 18.4 Å². The average Bonchev–Trinajstić information content (AvgIpc) is 2.25. The Bertz CT molecular complexity index is 272. The number of hydrogen-bond donors (Lipinski definition) is 0. The molecule has 1 aromatic carbocycles. The van der Waals surface area contributed by atoms with Crippen LogP contribution in [0.4, 0.5) is 0 Å². The fourth-order valence-corrected chi connectivity index (χ4v) is 1.48. The lowest BCUT2D eigenvalue weighted by molar-refractivity contribution is -0.144. The second-order valence-corrected chi connectivity index (χ2v) is 4.25. The van der Waals surface area contributed by atoms with E-state index in [-0.39, 0.29) is 5.97 Å². The lowest BCUT2D eigenvalue weighted by atomic mass is 10.2. The van der Waals surface area contributed by atoms with Crippen LogP contribution in [0.3, 0.4) is 0 Å². The molecule has 0 aliphatic carbocycles. The van der Waals surface area contributed by atoms with Gasteiger partial charge in [-0.1, -0.05) is 36.4 Å². The van der Waals surface area contributed by atoms with Crippen molar-refractivity contribution < 1.29 is 9.53 Å². The highest BCUT2D eigenvalue weighted by Gasteiger charge is 2.01. The molecule has 0 amide bonds. The van der Waals surface area contributed by atoms with Gasteiger partial charge in [0.15, 0.2) is 0 Å². The Morgan fingerprint density at radius 2 is 2.00 bits per heavy atom. The van der Waals surface area contributed by atoms with Gasteiger partial charge in [-0.2, -0.15) is 0 Å². The van der Waals surface area contributed by atoms with Gasteiger partial charge < -0.3 is 4.74 Å². The first kappa shape index (κ1) is 11.0. The molecule has 2 nitrogen and oxygen atoms in total. The van der Waals surface area contributed by atoms with E-state index in [2.05, 4.69) is 0 Å².